The van der Waals surface area contributed by atoms with E-state index in [0.29, 0.717) is 0 Å². The minimum atomic E-state index is 0. The molecule has 0 rings (SSSR count). The second-order valence-corrected chi connectivity index (χ2v) is 0. The summed E-state index contributed by atoms with van der Waals surface area (Å²) in [6.45, 7) is 0. The third-order valence-electron chi connectivity index (χ3n) is 0. The summed E-state index contributed by atoms with van der Waals surface area (Å²) in [5.41, 5.74) is 0. The van der Waals surface area contributed by atoms with E-state index in [4.69, 9.17) is 0 Å². The van der Waals surface area contributed by atoms with Gasteiger partial charge in [0, 0.05) is 0 Å². The summed E-state index contributed by atoms with van der Waals surface area (Å²) in [5, 5.41) is 0. The van der Waals surface area contributed by atoms with E-state index in [9.17, 15) is 0 Å². The molecular weight excluding hydrogens is 607 g/mol. The molecule has 112 valence electrons. The molecule has 0 aliphatic heterocycles. The fraction of sp³-hybridized carbons (Fsp3) is 0. The quantitative estimate of drug-likeness (QED) is 0.259. The van der Waals surface area contributed by atoms with Crippen LogP contribution < -0.4 is 0 Å². The fourth-order valence-corrected chi connectivity index (χ4v) is 0. The van der Waals surface area contributed by atoms with Crippen molar-refractivity contribution in [2.24, 2.45) is 0 Å². The van der Waals surface area contributed by atoms with Crippen LogP contribution in [0.5, 0.6) is 0 Å². The van der Waals surface area contributed by atoms with E-state index in [1.54, 1.807) is 0 Å². The second-order valence-electron chi connectivity index (χ2n) is 0. The van der Waals surface area contributed by atoms with Crippen molar-refractivity contribution in [3.8, 4) is 0 Å². The van der Waals surface area contributed by atoms with Crippen molar-refractivity contribution in [1.29, 1.82) is 0 Å². The molecular formula is Cr4O14Sr2. The Morgan fingerprint density at radius 2 is 0.150 bits per heavy atom. The topological polar surface area (TPSA) is 399 Å². The van der Waals surface area contributed by atoms with Crippen LogP contribution in [0.1, 0.15) is 0 Å². The Kier molecular flexibility index (Phi) is 19200. The predicted octanol–water partition coefficient (Wildman–Crippen LogP) is -2.43. The Hall–Kier alpha value is 4.53. The molecule has 0 amide bonds. The van der Waals surface area contributed by atoms with Gasteiger partial charge in [-0.25, -0.2) is 0 Å². The first kappa shape index (κ1) is 662. The summed E-state index contributed by atoms with van der Waals surface area (Å²) in [6, 6.07) is 0. The molecule has 0 saturated carbocycles. The van der Waals surface area contributed by atoms with Gasteiger partial charge in [-0.05, 0) is 0 Å². The Morgan fingerprint density at radius 1 is 0.150 bits per heavy atom. The van der Waals surface area contributed by atoms with Crippen LogP contribution >= 0.6 is 0 Å². The van der Waals surface area contributed by atoms with E-state index >= 15 is 0 Å². The van der Waals surface area contributed by atoms with Crippen molar-refractivity contribution in [1.82, 2.24) is 0 Å². The van der Waals surface area contributed by atoms with Gasteiger partial charge in [0.15, 0.2) is 0 Å². The average Bonchev–Trinajstić information content (AvgIpc) is 0. The van der Waals surface area contributed by atoms with E-state index in [1.807, 2.05) is 0 Å². The van der Waals surface area contributed by atoms with Gasteiger partial charge in [-0.1, -0.05) is 0 Å². The van der Waals surface area contributed by atoms with Crippen LogP contribution in [0.2, 0.25) is 0 Å². The van der Waals surface area contributed by atoms with Gasteiger partial charge in [0.2, 0.25) is 0 Å². The minimum absolute atomic E-state index is 0. The molecule has 0 saturated heterocycles. The van der Waals surface area contributed by atoms with Crippen molar-refractivity contribution < 1.29 is 146 Å². The van der Waals surface area contributed by atoms with Crippen LogP contribution in [-0.4, -0.2) is 91.0 Å². The summed E-state index contributed by atoms with van der Waals surface area (Å²) in [7, 11) is 0. The molecule has 0 unspecified atom stereocenters. The summed E-state index contributed by atoms with van der Waals surface area (Å²) in [4.78, 5) is 0. The predicted molar refractivity (Wildman–Crippen MR) is 21.1 cm³/mol. The Morgan fingerprint density at radius 3 is 0.150 bits per heavy atom. The molecule has 0 atom stereocenters. The molecule has 0 aromatic heterocycles. The third-order valence-corrected chi connectivity index (χ3v) is 0. The molecule has 0 bridgehead atoms. The molecule has 0 aromatic carbocycles. The van der Waals surface area contributed by atoms with Gasteiger partial charge >= 0.3 is 160 Å². The van der Waals surface area contributed by atoms with E-state index < -0.39 is 0 Å². The first-order valence-corrected chi connectivity index (χ1v) is 0. The summed E-state index contributed by atoms with van der Waals surface area (Å²) < 4.78 is 0. The van der Waals surface area contributed by atoms with Crippen molar-refractivity contribution >= 4 is 91.0 Å². The van der Waals surface area contributed by atoms with E-state index in [-0.39, 0.29) is 237 Å². The molecule has 0 heterocycles. The molecule has 14 nitrogen and oxygen atoms in total. The number of hydrogen-bond donors (Lipinski definition) is 0. The van der Waals surface area contributed by atoms with E-state index in [2.05, 4.69) is 0 Å². The molecule has 0 fully saturated rings. The number of hydrogen-bond acceptors (Lipinski definition) is 0. The van der Waals surface area contributed by atoms with Crippen molar-refractivity contribution in [3.63, 3.8) is 0 Å². The van der Waals surface area contributed by atoms with Crippen LogP contribution in [0.3, 0.4) is 0 Å². The van der Waals surface area contributed by atoms with E-state index in [0.717, 1.165) is 0 Å². The fourth-order valence-electron chi connectivity index (χ4n) is 0. The maximum Gasteiger partial charge on any atom is 6.00 e. The molecule has 0 aliphatic carbocycles. The van der Waals surface area contributed by atoms with Crippen molar-refractivity contribution in [3.05, 3.63) is 0 Å². The zero-order chi connectivity index (χ0) is 0. The smallest absolute Gasteiger partial charge is 2.00 e. The van der Waals surface area contributed by atoms with Gasteiger partial charge in [-0.3, -0.25) is 0 Å². The molecule has 0 N–H and O–H groups in total. The van der Waals surface area contributed by atoms with Crippen molar-refractivity contribution in [2.45, 2.75) is 0 Å². The maximum absolute atomic E-state index is 0. The largest absolute Gasteiger partial charge is 6.00 e. The zero-order valence-electron chi connectivity index (χ0n) is 8.76. The molecule has 0 radical (unpaired) electrons. The molecule has 0 aliphatic rings. The standard InChI is InChI=1S/4Cr.14O.2Sr/q4*+6;14*-2;2*+2. The van der Waals surface area contributed by atoms with Crippen LogP contribution in [0.25, 0.3) is 0 Å². The normalized spacial score (nSPS) is 0. The second kappa shape index (κ2) is 582. The summed E-state index contributed by atoms with van der Waals surface area (Å²) >= 11 is 0. The summed E-state index contributed by atoms with van der Waals surface area (Å²) in [6.07, 6.45) is 0. The minimum Gasteiger partial charge on any atom is -2.00 e. The average molecular weight is 607 g/mol. The van der Waals surface area contributed by atoms with Crippen LogP contribution in [0.15, 0.2) is 0 Å². The van der Waals surface area contributed by atoms with Gasteiger partial charge in [-0.2, -0.15) is 0 Å². The van der Waals surface area contributed by atoms with Crippen LogP contribution in [0, 0.1) is 0 Å². The van der Waals surface area contributed by atoms with Crippen LogP contribution in [-0.2, 0) is 146 Å². The molecule has 20 heteroatoms. The molecule has 20 heavy (non-hydrogen) atoms. The SMILES string of the molecule is [Cr+6].[Cr+6].[Cr+6].[Cr+6].[O-2].[O-2].[O-2].[O-2].[O-2].[O-2].[O-2].[O-2].[O-2].[O-2].[O-2].[O-2].[O-2].[O-2].[Sr+2].[Sr+2]. The Bertz CT molecular complexity index is 23.1. The van der Waals surface area contributed by atoms with Gasteiger partial charge < -0.3 is 76.7 Å². The van der Waals surface area contributed by atoms with Gasteiger partial charge in [0.05, 0.1) is 0 Å². The summed E-state index contributed by atoms with van der Waals surface area (Å²) in [5.74, 6) is 0. The Labute approximate surface area is 232 Å². The monoisotopic (exact) mass is 608 g/mol. The zero-order valence-corrected chi connectivity index (χ0v) is 20.8. The van der Waals surface area contributed by atoms with Gasteiger partial charge in [0.25, 0.3) is 0 Å². The molecule has 0 aromatic rings. The molecule has 0 spiro atoms. The maximum atomic E-state index is 0. The Balaban J connectivity index is 0. The van der Waals surface area contributed by atoms with Crippen molar-refractivity contribution in [2.75, 3.05) is 0 Å². The van der Waals surface area contributed by atoms with Crippen LogP contribution in [0.4, 0.5) is 0 Å². The van der Waals surface area contributed by atoms with E-state index in [1.165, 1.54) is 0 Å². The number of rotatable bonds is 0. The first-order chi connectivity index (χ1) is 0. The van der Waals surface area contributed by atoms with Gasteiger partial charge in [0.1, 0.15) is 0 Å². The first-order valence-electron chi connectivity index (χ1n) is 0. The third kappa shape index (κ3) is 509. The van der Waals surface area contributed by atoms with Gasteiger partial charge in [-0.15, -0.1) is 0 Å².